The van der Waals surface area contributed by atoms with Gasteiger partial charge in [0.05, 0.1) is 0 Å². The van der Waals surface area contributed by atoms with Gasteiger partial charge in [-0.05, 0) is 17.2 Å². The van der Waals surface area contributed by atoms with Crippen molar-refractivity contribution in [3.05, 3.63) is 33.8 Å². The number of benzene rings is 1. The average Bonchev–Trinajstić information content (AvgIpc) is 2.04. The summed E-state index contributed by atoms with van der Waals surface area (Å²) in [5.74, 6) is 0. The zero-order chi connectivity index (χ0) is 8.27. The fraction of sp³-hybridized carbons (Fsp3) is 0.250. The van der Waals surface area contributed by atoms with E-state index in [4.69, 9.17) is 0 Å². The van der Waals surface area contributed by atoms with E-state index in [9.17, 15) is 0 Å². The van der Waals surface area contributed by atoms with Crippen molar-refractivity contribution in [2.75, 3.05) is 0 Å². The van der Waals surface area contributed by atoms with Gasteiger partial charge in [0.25, 0.3) is 0 Å². The van der Waals surface area contributed by atoms with Crippen molar-refractivity contribution >= 4 is 47.8 Å². The fourth-order valence-electron chi connectivity index (χ4n) is 0.782. The average molecular weight is 343 g/mol. The molecule has 0 heterocycles. The number of alkyl halides is 2. The highest BCUT2D eigenvalue weighted by Crippen LogP contribution is 2.21. The largest absolute Gasteiger partial charge is 0.0876 e. The summed E-state index contributed by atoms with van der Waals surface area (Å²) in [5, 5.41) is 1.81. The molecule has 0 fully saturated rings. The molecule has 0 atom stereocenters. The first-order valence-electron chi connectivity index (χ1n) is 3.17. The van der Waals surface area contributed by atoms with Gasteiger partial charge in [-0.3, -0.25) is 0 Å². The number of rotatable bonds is 2. The molecule has 1 rings (SSSR count). The Balaban J connectivity index is 2.99. The molecule has 0 N–H and O–H groups in total. The van der Waals surface area contributed by atoms with E-state index in [1.807, 2.05) is 0 Å². The molecule has 0 bridgehead atoms. The van der Waals surface area contributed by atoms with Crippen molar-refractivity contribution < 1.29 is 0 Å². The minimum atomic E-state index is 0.899. The van der Waals surface area contributed by atoms with Gasteiger partial charge in [-0.2, -0.15) is 0 Å². The molecule has 0 nitrogen and oxygen atoms in total. The van der Waals surface area contributed by atoms with Gasteiger partial charge in [-0.15, -0.1) is 0 Å². The van der Waals surface area contributed by atoms with Crippen LogP contribution in [0.1, 0.15) is 11.1 Å². The van der Waals surface area contributed by atoms with Gasteiger partial charge < -0.3 is 0 Å². The van der Waals surface area contributed by atoms with E-state index in [2.05, 4.69) is 66.0 Å². The van der Waals surface area contributed by atoms with Crippen LogP contribution in [0, 0.1) is 0 Å². The summed E-state index contributed by atoms with van der Waals surface area (Å²) in [5.41, 5.74) is 2.58. The first-order chi connectivity index (χ1) is 5.27. The molecule has 0 amide bonds. The van der Waals surface area contributed by atoms with E-state index in [0.29, 0.717) is 0 Å². The highest BCUT2D eigenvalue weighted by atomic mass is 79.9. The molecule has 0 radical (unpaired) electrons. The Labute approximate surface area is 91.8 Å². The fourth-order valence-corrected chi connectivity index (χ4v) is 2.56. The van der Waals surface area contributed by atoms with Crippen LogP contribution in [0.3, 0.4) is 0 Å². The van der Waals surface area contributed by atoms with Crippen LogP contribution >= 0.6 is 47.8 Å². The maximum absolute atomic E-state index is 3.50. The van der Waals surface area contributed by atoms with Crippen LogP contribution in [-0.2, 0) is 10.7 Å². The molecular weight excluding hydrogens is 336 g/mol. The van der Waals surface area contributed by atoms with Crippen LogP contribution in [0.25, 0.3) is 0 Å². The lowest BCUT2D eigenvalue weighted by Gasteiger charge is -2.01. The molecule has 1 aromatic rings. The molecule has 0 spiro atoms. The van der Waals surface area contributed by atoms with Crippen LogP contribution in [0.2, 0.25) is 0 Å². The van der Waals surface area contributed by atoms with E-state index in [-0.39, 0.29) is 0 Å². The summed E-state index contributed by atoms with van der Waals surface area (Å²) in [6.07, 6.45) is 0. The molecule has 1 aromatic carbocycles. The van der Waals surface area contributed by atoms with Crippen molar-refractivity contribution in [3.8, 4) is 0 Å². The zero-order valence-electron chi connectivity index (χ0n) is 5.78. The van der Waals surface area contributed by atoms with Crippen LogP contribution in [0.4, 0.5) is 0 Å². The third kappa shape index (κ3) is 2.56. The Morgan fingerprint density at radius 2 is 1.82 bits per heavy atom. The minimum absolute atomic E-state index is 0.899. The standard InChI is InChI=1S/C8H7Br3/c9-4-6-1-2-7(5-10)8(11)3-6/h1-3H,4-5H2. The molecular formula is C8H7Br3. The molecule has 60 valence electrons. The van der Waals surface area contributed by atoms with Crippen molar-refractivity contribution in [1.29, 1.82) is 0 Å². The highest BCUT2D eigenvalue weighted by molar-refractivity contribution is 9.10. The molecule has 0 unspecified atom stereocenters. The number of hydrogen-bond acceptors (Lipinski definition) is 0. The zero-order valence-corrected chi connectivity index (χ0v) is 10.5. The molecule has 0 aliphatic carbocycles. The first-order valence-corrected chi connectivity index (χ1v) is 6.20. The third-order valence-corrected chi connectivity index (χ3v) is 3.41. The molecule has 0 saturated heterocycles. The molecule has 0 aromatic heterocycles. The summed E-state index contributed by atoms with van der Waals surface area (Å²) in [6, 6.07) is 6.37. The van der Waals surface area contributed by atoms with E-state index in [1.165, 1.54) is 15.6 Å². The van der Waals surface area contributed by atoms with Gasteiger partial charge in [0.2, 0.25) is 0 Å². The molecule has 0 aliphatic heterocycles. The topological polar surface area (TPSA) is 0 Å². The van der Waals surface area contributed by atoms with Gasteiger partial charge >= 0.3 is 0 Å². The summed E-state index contributed by atoms with van der Waals surface area (Å²) >= 11 is 10.3. The molecule has 11 heavy (non-hydrogen) atoms. The smallest absolute Gasteiger partial charge is 0.0294 e. The molecule has 0 saturated carbocycles. The molecule has 0 aliphatic rings. The summed E-state index contributed by atoms with van der Waals surface area (Å²) < 4.78 is 1.17. The molecule has 3 heteroatoms. The lowest BCUT2D eigenvalue weighted by Crippen LogP contribution is -1.82. The van der Waals surface area contributed by atoms with Crippen molar-refractivity contribution in [2.24, 2.45) is 0 Å². The van der Waals surface area contributed by atoms with Gasteiger partial charge in [0.15, 0.2) is 0 Å². The normalized spacial score (nSPS) is 10.1. The predicted octanol–water partition coefficient (Wildman–Crippen LogP) is 4.24. The Kier molecular flexibility index (Phi) is 4.10. The Morgan fingerprint density at radius 3 is 2.27 bits per heavy atom. The van der Waals surface area contributed by atoms with Gasteiger partial charge in [-0.1, -0.05) is 59.9 Å². The van der Waals surface area contributed by atoms with E-state index < -0.39 is 0 Å². The van der Waals surface area contributed by atoms with Crippen LogP contribution in [0.15, 0.2) is 22.7 Å². The number of hydrogen-bond donors (Lipinski definition) is 0. The minimum Gasteiger partial charge on any atom is -0.0876 e. The summed E-state index contributed by atoms with van der Waals surface area (Å²) in [7, 11) is 0. The van der Waals surface area contributed by atoms with E-state index in [0.717, 1.165) is 10.7 Å². The van der Waals surface area contributed by atoms with Gasteiger partial charge in [0, 0.05) is 15.1 Å². The Morgan fingerprint density at radius 1 is 1.09 bits per heavy atom. The van der Waals surface area contributed by atoms with Gasteiger partial charge in [0.1, 0.15) is 0 Å². The lowest BCUT2D eigenvalue weighted by atomic mass is 10.2. The van der Waals surface area contributed by atoms with Crippen LogP contribution < -0.4 is 0 Å². The van der Waals surface area contributed by atoms with E-state index >= 15 is 0 Å². The maximum atomic E-state index is 3.50. The maximum Gasteiger partial charge on any atom is 0.0294 e. The second-order valence-corrected chi connectivity index (χ2v) is 4.17. The second-order valence-electron chi connectivity index (χ2n) is 2.19. The highest BCUT2D eigenvalue weighted by Gasteiger charge is 1.98. The lowest BCUT2D eigenvalue weighted by molar-refractivity contribution is 1.33. The van der Waals surface area contributed by atoms with Gasteiger partial charge in [-0.25, -0.2) is 0 Å². The number of halogens is 3. The van der Waals surface area contributed by atoms with Crippen LogP contribution in [-0.4, -0.2) is 0 Å². The third-order valence-electron chi connectivity index (χ3n) is 1.42. The predicted molar refractivity (Wildman–Crippen MR) is 59.4 cm³/mol. The summed E-state index contributed by atoms with van der Waals surface area (Å²) in [4.78, 5) is 0. The monoisotopic (exact) mass is 340 g/mol. The Bertz CT molecular complexity index is 245. The van der Waals surface area contributed by atoms with Crippen LogP contribution in [0.5, 0.6) is 0 Å². The SMILES string of the molecule is BrCc1ccc(CBr)c(Br)c1. The van der Waals surface area contributed by atoms with E-state index in [1.54, 1.807) is 0 Å². The van der Waals surface area contributed by atoms with Crippen molar-refractivity contribution in [2.45, 2.75) is 10.7 Å². The second kappa shape index (κ2) is 4.63. The first kappa shape index (κ1) is 9.75. The Hall–Kier alpha value is 0.660. The summed E-state index contributed by atoms with van der Waals surface area (Å²) in [6.45, 7) is 0. The van der Waals surface area contributed by atoms with Crippen molar-refractivity contribution in [3.63, 3.8) is 0 Å². The quantitative estimate of drug-likeness (QED) is 0.705. The van der Waals surface area contributed by atoms with Crippen molar-refractivity contribution in [1.82, 2.24) is 0 Å².